The van der Waals surface area contributed by atoms with Crippen molar-refractivity contribution in [2.75, 3.05) is 27.3 Å². The maximum Gasteiger partial charge on any atom is 0.327 e. The van der Waals surface area contributed by atoms with Crippen LogP contribution in [0.1, 0.15) is 26.2 Å². The van der Waals surface area contributed by atoms with Crippen LogP contribution in [-0.4, -0.2) is 71.9 Å². The zero-order valence-electron chi connectivity index (χ0n) is 12.3. The van der Waals surface area contributed by atoms with Gasteiger partial charge in [-0.25, -0.2) is 4.79 Å². The van der Waals surface area contributed by atoms with Gasteiger partial charge in [0.25, 0.3) is 5.91 Å². The van der Waals surface area contributed by atoms with Crippen LogP contribution in [0.2, 0.25) is 0 Å². The highest BCUT2D eigenvalue weighted by molar-refractivity contribution is 6.00. The van der Waals surface area contributed by atoms with E-state index in [9.17, 15) is 14.4 Å². The molecule has 7 nitrogen and oxygen atoms in total. The third kappa shape index (κ3) is 2.69. The first kappa shape index (κ1) is 14.9. The number of imide groups is 1. The number of carbonyl (C=O) groups excluding carboxylic acids is 3. The molecule has 0 aromatic rings. The fourth-order valence-corrected chi connectivity index (χ4v) is 2.77. The summed E-state index contributed by atoms with van der Waals surface area (Å²) in [6.07, 6.45) is 1.63. The van der Waals surface area contributed by atoms with Gasteiger partial charge in [-0.3, -0.25) is 19.9 Å². The second-order valence-corrected chi connectivity index (χ2v) is 5.55. The average Bonchev–Trinajstić information content (AvgIpc) is 2.77. The van der Waals surface area contributed by atoms with E-state index in [1.807, 2.05) is 11.9 Å². The molecule has 0 bridgehead atoms. The molecule has 0 aromatic carbocycles. The summed E-state index contributed by atoms with van der Waals surface area (Å²) in [7, 11) is 3.58. The molecule has 0 spiro atoms. The summed E-state index contributed by atoms with van der Waals surface area (Å²) >= 11 is 0. The molecule has 3 amide bonds. The summed E-state index contributed by atoms with van der Waals surface area (Å²) in [5.41, 5.74) is 0. The van der Waals surface area contributed by atoms with Crippen molar-refractivity contribution < 1.29 is 14.4 Å². The van der Waals surface area contributed by atoms with E-state index in [1.54, 1.807) is 18.9 Å². The van der Waals surface area contributed by atoms with E-state index in [1.165, 1.54) is 4.90 Å². The van der Waals surface area contributed by atoms with Crippen LogP contribution >= 0.6 is 0 Å². The Balaban J connectivity index is 1.99. The maximum atomic E-state index is 12.4. The lowest BCUT2D eigenvalue weighted by Crippen LogP contribution is -2.65. The quantitative estimate of drug-likeness (QED) is 0.709. The number of rotatable bonds is 5. The van der Waals surface area contributed by atoms with Crippen molar-refractivity contribution in [2.24, 2.45) is 0 Å². The van der Waals surface area contributed by atoms with Gasteiger partial charge >= 0.3 is 6.03 Å². The molecular weight excluding hydrogens is 260 g/mol. The standard InChI is InChI=1S/C13H22N4O3/c1-9(18)6-4-5-7-17-12(19)10-11(14-8-15(10)2)16(3)13(17)20/h10-11,14H,4-8H2,1-3H3. The van der Waals surface area contributed by atoms with Gasteiger partial charge in [-0.2, -0.15) is 0 Å². The number of likely N-dealkylation sites (N-methyl/N-ethyl adjacent to an activating group) is 2. The number of hydrogen-bond donors (Lipinski definition) is 1. The summed E-state index contributed by atoms with van der Waals surface area (Å²) in [5.74, 6) is -0.00775. The smallest absolute Gasteiger partial charge is 0.310 e. The normalized spacial score (nSPS) is 27.1. The number of nitrogens with zero attached hydrogens (tertiary/aromatic N) is 3. The summed E-state index contributed by atoms with van der Waals surface area (Å²) in [6, 6.07) is -0.576. The van der Waals surface area contributed by atoms with Crippen LogP contribution in [0.5, 0.6) is 0 Å². The molecule has 2 saturated heterocycles. The van der Waals surface area contributed by atoms with Crippen molar-refractivity contribution in [1.82, 2.24) is 20.0 Å². The van der Waals surface area contributed by atoms with E-state index in [4.69, 9.17) is 0 Å². The van der Waals surface area contributed by atoms with E-state index >= 15 is 0 Å². The van der Waals surface area contributed by atoms with E-state index in [2.05, 4.69) is 5.32 Å². The molecular formula is C13H22N4O3. The van der Waals surface area contributed by atoms with Gasteiger partial charge in [0.15, 0.2) is 0 Å². The minimum absolute atomic E-state index is 0.137. The van der Waals surface area contributed by atoms with E-state index in [0.29, 0.717) is 32.5 Å². The molecule has 2 unspecified atom stereocenters. The van der Waals surface area contributed by atoms with Crippen LogP contribution in [0.4, 0.5) is 4.79 Å². The number of hydrogen-bond acceptors (Lipinski definition) is 5. The molecule has 0 aliphatic carbocycles. The number of urea groups is 1. The van der Waals surface area contributed by atoms with Crippen LogP contribution in [0.3, 0.4) is 0 Å². The Labute approximate surface area is 118 Å². The maximum absolute atomic E-state index is 12.4. The molecule has 2 fully saturated rings. The first-order chi connectivity index (χ1) is 9.43. The van der Waals surface area contributed by atoms with E-state index < -0.39 is 0 Å². The van der Waals surface area contributed by atoms with Gasteiger partial charge in [-0.15, -0.1) is 0 Å². The van der Waals surface area contributed by atoms with Crippen LogP contribution in [0.15, 0.2) is 0 Å². The Bertz CT molecular complexity index is 426. The Kier molecular flexibility index (Phi) is 4.39. The van der Waals surface area contributed by atoms with Crippen molar-refractivity contribution in [3.8, 4) is 0 Å². The first-order valence-electron chi connectivity index (χ1n) is 6.94. The molecule has 20 heavy (non-hydrogen) atoms. The highest BCUT2D eigenvalue weighted by Crippen LogP contribution is 2.22. The zero-order chi connectivity index (χ0) is 14.9. The van der Waals surface area contributed by atoms with Gasteiger partial charge in [0.05, 0.1) is 6.67 Å². The molecule has 0 aromatic heterocycles. The molecule has 2 aliphatic rings. The topological polar surface area (TPSA) is 73.0 Å². The summed E-state index contributed by atoms with van der Waals surface area (Å²) < 4.78 is 0. The Morgan fingerprint density at radius 3 is 2.65 bits per heavy atom. The molecule has 2 heterocycles. The van der Waals surface area contributed by atoms with E-state index in [-0.39, 0.29) is 29.9 Å². The van der Waals surface area contributed by atoms with Gasteiger partial charge < -0.3 is 9.69 Å². The SMILES string of the molecule is CC(=O)CCCCN1C(=O)C2C(NCN2C)N(C)C1=O. The molecule has 2 rings (SSSR count). The van der Waals surface area contributed by atoms with Crippen molar-refractivity contribution in [3.05, 3.63) is 0 Å². The summed E-state index contributed by atoms with van der Waals surface area (Å²) in [5, 5.41) is 3.16. The third-order valence-corrected chi connectivity index (χ3v) is 3.95. The Hall–Kier alpha value is -1.47. The monoisotopic (exact) mass is 282 g/mol. The largest absolute Gasteiger partial charge is 0.327 e. The number of fused-ring (bicyclic) bond motifs is 1. The molecule has 112 valence electrons. The lowest BCUT2D eigenvalue weighted by molar-refractivity contribution is -0.137. The van der Waals surface area contributed by atoms with E-state index in [0.717, 1.165) is 0 Å². The number of ketones is 1. The lowest BCUT2D eigenvalue weighted by atomic mass is 10.1. The Morgan fingerprint density at radius 1 is 1.30 bits per heavy atom. The van der Waals surface area contributed by atoms with Gasteiger partial charge in [-0.05, 0) is 26.8 Å². The van der Waals surface area contributed by atoms with Crippen molar-refractivity contribution >= 4 is 17.7 Å². The summed E-state index contributed by atoms with van der Waals surface area (Å²) in [4.78, 5) is 40.4. The highest BCUT2D eigenvalue weighted by Gasteiger charge is 2.49. The van der Waals surface area contributed by atoms with Gasteiger partial charge in [0, 0.05) is 20.0 Å². The summed E-state index contributed by atoms with van der Waals surface area (Å²) in [6.45, 7) is 2.53. The predicted molar refractivity (Wildman–Crippen MR) is 72.7 cm³/mol. The first-order valence-corrected chi connectivity index (χ1v) is 6.94. The zero-order valence-corrected chi connectivity index (χ0v) is 12.3. The Morgan fingerprint density at radius 2 is 2.00 bits per heavy atom. The molecule has 2 atom stereocenters. The fraction of sp³-hybridized carbons (Fsp3) is 0.769. The fourth-order valence-electron chi connectivity index (χ4n) is 2.77. The second-order valence-electron chi connectivity index (χ2n) is 5.55. The molecule has 0 radical (unpaired) electrons. The van der Waals surface area contributed by atoms with Crippen LogP contribution < -0.4 is 5.32 Å². The highest BCUT2D eigenvalue weighted by atomic mass is 16.2. The average molecular weight is 282 g/mol. The van der Waals surface area contributed by atoms with Crippen LogP contribution in [-0.2, 0) is 9.59 Å². The molecule has 7 heteroatoms. The second kappa shape index (κ2) is 5.88. The lowest BCUT2D eigenvalue weighted by Gasteiger charge is -2.40. The predicted octanol–water partition coefficient (Wildman–Crippen LogP) is -0.173. The molecule has 0 saturated carbocycles. The number of Topliss-reactive ketones (excluding diaryl/α,β-unsaturated/α-hetero) is 1. The van der Waals surface area contributed by atoms with Gasteiger partial charge in [-0.1, -0.05) is 0 Å². The molecule has 1 N–H and O–H groups in total. The van der Waals surface area contributed by atoms with Gasteiger partial charge in [0.1, 0.15) is 18.0 Å². The molecule has 2 aliphatic heterocycles. The van der Waals surface area contributed by atoms with Crippen molar-refractivity contribution in [2.45, 2.75) is 38.4 Å². The minimum atomic E-state index is -0.314. The van der Waals surface area contributed by atoms with Gasteiger partial charge in [0.2, 0.25) is 0 Å². The number of unbranched alkanes of at least 4 members (excludes halogenated alkanes) is 1. The van der Waals surface area contributed by atoms with Crippen LogP contribution in [0.25, 0.3) is 0 Å². The van der Waals surface area contributed by atoms with Crippen LogP contribution in [0, 0.1) is 0 Å². The number of amides is 3. The van der Waals surface area contributed by atoms with Crippen molar-refractivity contribution in [1.29, 1.82) is 0 Å². The third-order valence-electron chi connectivity index (χ3n) is 3.95. The van der Waals surface area contributed by atoms with Crippen molar-refractivity contribution in [3.63, 3.8) is 0 Å². The minimum Gasteiger partial charge on any atom is -0.310 e. The number of nitrogens with one attached hydrogen (secondary N) is 1. The number of carbonyl (C=O) groups is 3.